The summed E-state index contributed by atoms with van der Waals surface area (Å²) < 4.78 is 29.1. The Morgan fingerprint density at radius 2 is 2.13 bits per heavy atom. The molecule has 0 radical (unpaired) electrons. The molecule has 1 aliphatic rings. The average Bonchev–Trinajstić information content (AvgIpc) is 3.36. The topological polar surface area (TPSA) is 121 Å². The van der Waals surface area contributed by atoms with E-state index < -0.39 is 9.84 Å². The van der Waals surface area contributed by atoms with Crippen molar-refractivity contribution in [2.45, 2.75) is 37.8 Å². The minimum absolute atomic E-state index is 0.0350. The second-order valence-electron chi connectivity index (χ2n) is 7.88. The Labute approximate surface area is 174 Å². The van der Waals surface area contributed by atoms with Crippen LogP contribution < -0.4 is 5.32 Å². The number of amides is 1. The van der Waals surface area contributed by atoms with E-state index in [1.165, 1.54) is 6.20 Å². The van der Waals surface area contributed by atoms with Crippen LogP contribution in [-0.4, -0.2) is 59.6 Å². The summed E-state index contributed by atoms with van der Waals surface area (Å²) in [5, 5.41) is 4.22. The number of nitrogens with one attached hydrogen (secondary N) is 2. The molecule has 0 spiro atoms. The number of sulfone groups is 1. The van der Waals surface area contributed by atoms with E-state index in [0.29, 0.717) is 30.1 Å². The van der Waals surface area contributed by atoms with Gasteiger partial charge in [-0.1, -0.05) is 13.8 Å². The summed E-state index contributed by atoms with van der Waals surface area (Å²) in [5.74, 6) is 0.678. The first-order valence-electron chi connectivity index (χ1n) is 9.93. The minimum Gasteiger partial charge on any atom is -0.425 e. The molecule has 0 aliphatic carbocycles. The van der Waals surface area contributed by atoms with Crippen LogP contribution in [0.15, 0.2) is 34.2 Å². The van der Waals surface area contributed by atoms with Crippen molar-refractivity contribution in [1.82, 2.24) is 19.9 Å². The molecular weight excluding hydrogens is 406 g/mol. The molecule has 1 fully saturated rings. The van der Waals surface area contributed by atoms with Crippen LogP contribution >= 0.6 is 0 Å². The molecule has 0 unspecified atom stereocenters. The van der Waals surface area contributed by atoms with Crippen molar-refractivity contribution in [1.29, 1.82) is 0 Å². The maximum atomic E-state index is 12.3. The summed E-state index contributed by atoms with van der Waals surface area (Å²) in [6.45, 7) is 5.36. The Hall–Kier alpha value is -2.88. The molecule has 160 valence electrons. The number of aromatic nitrogens is 3. The fourth-order valence-corrected chi connectivity index (χ4v) is 4.44. The zero-order valence-electron chi connectivity index (χ0n) is 17.2. The number of carbonyl (C=O) groups excluding carboxylic acids is 1. The predicted octanol–water partition coefficient (Wildman–Crippen LogP) is 2.68. The molecule has 0 saturated carbocycles. The number of carbonyl (C=O) groups is 1. The van der Waals surface area contributed by atoms with Gasteiger partial charge in [-0.2, -0.15) is 0 Å². The number of oxazole rings is 1. The van der Waals surface area contributed by atoms with Crippen LogP contribution in [0.1, 0.15) is 26.7 Å². The Bertz CT molecular complexity index is 1180. The second kappa shape index (κ2) is 7.75. The van der Waals surface area contributed by atoms with Crippen LogP contribution in [-0.2, 0) is 14.6 Å². The fourth-order valence-electron chi connectivity index (χ4n) is 3.97. The molecule has 1 saturated heterocycles. The summed E-state index contributed by atoms with van der Waals surface area (Å²) in [4.78, 5) is 25.8. The molecule has 1 aliphatic heterocycles. The summed E-state index contributed by atoms with van der Waals surface area (Å²) in [6, 6.07) is 1.93. The molecule has 1 amide bonds. The highest BCUT2D eigenvalue weighted by Crippen LogP contribution is 2.35. The van der Waals surface area contributed by atoms with Gasteiger partial charge >= 0.3 is 0 Å². The zero-order chi connectivity index (χ0) is 21.5. The zero-order valence-corrected chi connectivity index (χ0v) is 18.0. The first kappa shape index (κ1) is 20.4. The van der Waals surface area contributed by atoms with E-state index in [4.69, 9.17) is 4.42 Å². The normalized spacial score (nSPS) is 19.9. The van der Waals surface area contributed by atoms with E-state index >= 15 is 0 Å². The highest BCUT2D eigenvalue weighted by molar-refractivity contribution is 7.90. The van der Waals surface area contributed by atoms with Crippen LogP contribution in [0.25, 0.3) is 22.5 Å². The van der Waals surface area contributed by atoms with Crippen molar-refractivity contribution in [3.8, 4) is 11.5 Å². The van der Waals surface area contributed by atoms with Gasteiger partial charge in [0.15, 0.2) is 0 Å². The van der Waals surface area contributed by atoms with Gasteiger partial charge < -0.3 is 19.6 Å². The summed E-state index contributed by atoms with van der Waals surface area (Å²) >= 11 is 0. The molecule has 10 heteroatoms. The third kappa shape index (κ3) is 3.91. The molecule has 0 bridgehead atoms. The third-order valence-corrected chi connectivity index (χ3v) is 6.25. The Balaban J connectivity index is 1.72. The van der Waals surface area contributed by atoms with Crippen LogP contribution in [0.4, 0.5) is 5.69 Å². The number of H-pyrrole nitrogens is 1. The first-order chi connectivity index (χ1) is 14.3. The number of likely N-dealkylation sites (tertiary alicyclic amines) is 1. The number of hydrogen-bond donors (Lipinski definition) is 2. The van der Waals surface area contributed by atoms with Gasteiger partial charge in [-0.05, 0) is 18.4 Å². The number of pyridine rings is 1. The third-order valence-electron chi connectivity index (χ3n) is 5.33. The lowest BCUT2D eigenvalue weighted by molar-refractivity contribution is -0.132. The number of fused-ring (bicyclic) bond motifs is 1. The van der Waals surface area contributed by atoms with Crippen molar-refractivity contribution in [3.63, 3.8) is 0 Å². The fraction of sp³-hybridized carbons (Fsp3) is 0.450. The highest BCUT2D eigenvalue weighted by Gasteiger charge is 2.29. The van der Waals surface area contributed by atoms with Crippen molar-refractivity contribution in [2.24, 2.45) is 5.92 Å². The van der Waals surface area contributed by atoms with Crippen molar-refractivity contribution >= 4 is 32.5 Å². The summed E-state index contributed by atoms with van der Waals surface area (Å²) in [7, 11) is -3.51. The largest absolute Gasteiger partial charge is 0.425 e. The van der Waals surface area contributed by atoms with Crippen molar-refractivity contribution in [2.75, 3.05) is 24.7 Å². The highest BCUT2D eigenvalue weighted by atomic mass is 32.2. The average molecular weight is 432 g/mol. The molecule has 4 heterocycles. The van der Waals surface area contributed by atoms with Gasteiger partial charge in [0.25, 0.3) is 0 Å². The maximum absolute atomic E-state index is 12.3. The van der Waals surface area contributed by atoms with Crippen molar-refractivity contribution < 1.29 is 17.6 Å². The molecule has 2 N–H and O–H groups in total. The summed E-state index contributed by atoms with van der Waals surface area (Å²) in [6.07, 6.45) is 7.07. The van der Waals surface area contributed by atoms with E-state index in [2.05, 4.69) is 27.2 Å². The number of hydrogen-bond acceptors (Lipinski definition) is 7. The van der Waals surface area contributed by atoms with E-state index in [-0.39, 0.29) is 22.9 Å². The Morgan fingerprint density at radius 3 is 2.83 bits per heavy atom. The summed E-state index contributed by atoms with van der Waals surface area (Å²) in [5.41, 5.74) is 2.02. The molecule has 0 aromatic carbocycles. The Kier molecular flexibility index (Phi) is 5.27. The molecule has 4 rings (SSSR count). The van der Waals surface area contributed by atoms with Gasteiger partial charge in [-0.15, -0.1) is 0 Å². The van der Waals surface area contributed by atoms with Gasteiger partial charge in [0.05, 0.1) is 17.4 Å². The lowest BCUT2D eigenvalue weighted by atomic mass is 9.95. The second-order valence-corrected chi connectivity index (χ2v) is 9.82. The molecule has 30 heavy (non-hydrogen) atoms. The van der Waals surface area contributed by atoms with E-state index in [1.807, 2.05) is 17.9 Å². The van der Waals surface area contributed by atoms with Gasteiger partial charge in [0.2, 0.25) is 26.7 Å². The number of rotatable bonds is 5. The molecular formula is C20H25N5O4S. The van der Waals surface area contributed by atoms with E-state index in [9.17, 15) is 13.2 Å². The van der Waals surface area contributed by atoms with Crippen LogP contribution in [0.2, 0.25) is 0 Å². The smallest absolute Gasteiger partial charge is 0.238 e. The van der Waals surface area contributed by atoms with Gasteiger partial charge in [0.1, 0.15) is 5.65 Å². The van der Waals surface area contributed by atoms with Gasteiger partial charge in [-0.3, -0.25) is 4.79 Å². The van der Waals surface area contributed by atoms with E-state index in [0.717, 1.165) is 30.3 Å². The van der Waals surface area contributed by atoms with E-state index in [1.54, 1.807) is 12.4 Å². The quantitative estimate of drug-likeness (QED) is 0.637. The van der Waals surface area contributed by atoms with Gasteiger partial charge in [-0.25, -0.2) is 18.4 Å². The van der Waals surface area contributed by atoms with Gasteiger partial charge in [0, 0.05) is 49.6 Å². The molecule has 2 atom stereocenters. The number of anilines is 1. The van der Waals surface area contributed by atoms with Crippen molar-refractivity contribution in [3.05, 3.63) is 24.7 Å². The van der Waals surface area contributed by atoms with Crippen LogP contribution in [0.3, 0.4) is 0 Å². The monoisotopic (exact) mass is 431 g/mol. The standard InChI is InChI=1S/C20H25N5O4S/c1-4-16(26)25-10-12(2)7-13(11-25)24-18-14-5-6-21-19(14)22-8-15(18)20-23-9-17(29-20)30(3,27)28/h5-6,8-9,12-13H,4,7,10-11H2,1-3H3,(H2,21,22,24)/t12-,13+/m0/s1. The number of aromatic amines is 1. The maximum Gasteiger partial charge on any atom is 0.238 e. The first-order valence-corrected chi connectivity index (χ1v) is 11.8. The molecule has 3 aromatic rings. The number of piperidine rings is 1. The molecule has 9 nitrogen and oxygen atoms in total. The Morgan fingerprint density at radius 1 is 1.33 bits per heavy atom. The lowest BCUT2D eigenvalue weighted by Crippen LogP contribution is -2.48. The predicted molar refractivity (Wildman–Crippen MR) is 113 cm³/mol. The minimum atomic E-state index is -3.51. The van der Waals surface area contributed by atoms with Crippen LogP contribution in [0, 0.1) is 5.92 Å². The number of nitrogens with zero attached hydrogens (tertiary/aromatic N) is 3. The van der Waals surface area contributed by atoms with Crippen LogP contribution in [0.5, 0.6) is 0 Å². The molecule has 3 aromatic heterocycles. The lowest BCUT2D eigenvalue weighted by Gasteiger charge is -2.37. The SMILES string of the molecule is CCC(=O)N1C[C@@H](C)C[C@@H](Nc2c(-c3ncc(S(C)(=O)=O)o3)cnc3[nH]ccc23)C1.